The van der Waals surface area contributed by atoms with Gasteiger partial charge in [0.2, 0.25) is 5.95 Å². The largest absolute Gasteiger partial charge is 0.369 e. The Balaban J connectivity index is 1.79. The van der Waals surface area contributed by atoms with E-state index in [1.807, 2.05) is 0 Å². The average Bonchev–Trinajstić information content (AvgIpc) is 2.80. The van der Waals surface area contributed by atoms with Crippen LogP contribution in [0.5, 0.6) is 0 Å². The quantitative estimate of drug-likeness (QED) is 0.796. The van der Waals surface area contributed by atoms with Gasteiger partial charge in [-0.25, -0.2) is 4.98 Å². The first-order chi connectivity index (χ1) is 10.3. The van der Waals surface area contributed by atoms with Crippen molar-refractivity contribution in [3.8, 4) is 0 Å². The van der Waals surface area contributed by atoms with Gasteiger partial charge in [0.05, 0.1) is 11.0 Å². The molecule has 0 fully saturated rings. The number of fused-ring (bicyclic) bond motifs is 2. The van der Waals surface area contributed by atoms with Gasteiger partial charge in [0, 0.05) is 6.54 Å². The Labute approximate surface area is 127 Å². The van der Waals surface area contributed by atoms with E-state index in [4.69, 9.17) is 5.73 Å². The van der Waals surface area contributed by atoms with E-state index in [1.165, 1.54) is 74.4 Å². The first kappa shape index (κ1) is 14.4. The summed E-state index contributed by atoms with van der Waals surface area (Å²) in [6, 6.07) is 4.62. The molecule has 0 bridgehead atoms. The normalized spacial score (nSPS) is 14.5. The highest BCUT2D eigenvalue weighted by atomic mass is 15.1. The molecule has 2 N–H and O–H groups in total. The zero-order valence-corrected chi connectivity index (χ0v) is 13.2. The fourth-order valence-electron chi connectivity index (χ4n) is 3.48. The Hall–Kier alpha value is -1.51. The molecule has 1 aromatic carbocycles. The van der Waals surface area contributed by atoms with Gasteiger partial charge in [0.15, 0.2) is 0 Å². The molecule has 2 aromatic rings. The molecule has 1 heterocycles. The molecule has 114 valence electrons. The summed E-state index contributed by atoms with van der Waals surface area (Å²) in [6.45, 7) is 3.26. The molecule has 0 spiro atoms. The Morgan fingerprint density at radius 2 is 1.76 bits per heavy atom. The summed E-state index contributed by atoms with van der Waals surface area (Å²) in [5.41, 5.74) is 11.5. The van der Waals surface area contributed by atoms with E-state index in [2.05, 4.69) is 28.6 Å². The topological polar surface area (TPSA) is 43.8 Å². The van der Waals surface area contributed by atoms with E-state index < -0.39 is 0 Å². The Bertz CT molecular complexity index is 612. The number of imidazole rings is 1. The highest BCUT2D eigenvalue weighted by Gasteiger charge is 2.14. The first-order valence-electron chi connectivity index (χ1n) is 8.57. The summed E-state index contributed by atoms with van der Waals surface area (Å²) in [4.78, 5) is 4.58. The van der Waals surface area contributed by atoms with E-state index in [-0.39, 0.29) is 0 Å². The van der Waals surface area contributed by atoms with Crippen LogP contribution in [0.1, 0.15) is 63.0 Å². The lowest BCUT2D eigenvalue weighted by molar-refractivity contribution is 0.579. The highest BCUT2D eigenvalue weighted by Crippen LogP contribution is 2.28. The number of rotatable bonds is 6. The SMILES string of the molecule is CCCCCCCn1c(N)nc2cc3c(cc21)CCCC3. The summed E-state index contributed by atoms with van der Waals surface area (Å²) in [7, 11) is 0. The summed E-state index contributed by atoms with van der Waals surface area (Å²) in [5.74, 6) is 0.683. The zero-order chi connectivity index (χ0) is 14.7. The molecule has 0 radical (unpaired) electrons. The number of aryl methyl sites for hydroxylation is 3. The van der Waals surface area contributed by atoms with Crippen molar-refractivity contribution in [2.45, 2.75) is 71.3 Å². The minimum atomic E-state index is 0.683. The number of nitrogens with two attached hydrogens (primary N) is 1. The van der Waals surface area contributed by atoms with Gasteiger partial charge in [-0.15, -0.1) is 0 Å². The maximum Gasteiger partial charge on any atom is 0.201 e. The molecule has 0 unspecified atom stereocenters. The zero-order valence-electron chi connectivity index (χ0n) is 13.2. The van der Waals surface area contributed by atoms with Crippen LogP contribution < -0.4 is 5.73 Å². The molecule has 3 rings (SSSR count). The molecule has 0 aliphatic heterocycles. The van der Waals surface area contributed by atoms with Gasteiger partial charge in [-0.1, -0.05) is 32.6 Å². The number of hydrogen-bond acceptors (Lipinski definition) is 2. The van der Waals surface area contributed by atoms with E-state index in [0.29, 0.717) is 5.95 Å². The van der Waals surface area contributed by atoms with Gasteiger partial charge < -0.3 is 10.3 Å². The Morgan fingerprint density at radius 1 is 1.05 bits per heavy atom. The molecule has 0 atom stereocenters. The van der Waals surface area contributed by atoms with Crippen molar-refractivity contribution in [2.24, 2.45) is 0 Å². The van der Waals surface area contributed by atoms with Crippen LogP contribution in [0.4, 0.5) is 5.95 Å². The molecule has 1 aliphatic rings. The monoisotopic (exact) mass is 285 g/mol. The van der Waals surface area contributed by atoms with E-state index in [9.17, 15) is 0 Å². The van der Waals surface area contributed by atoms with Crippen LogP contribution in [0, 0.1) is 0 Å². The molecular formula is C18H27N3. The molecule has 21 heavy (non-hydrogen) atoms. The van der Waals surface area contributed by atoms with Crippen molar-refractivity contribution in [3.63, 3.8) is 0 Å². The third kappa shape index (κ3) is 3.07. The predicted molar refractivity (Wildman–Crippen MR) is 89.5 cm³/mol. The minimum Gasteiger partial charge on any atom is -0.369 e. The minimum absolute atomic E-state index is 0.683. The average molecular weight is 285 g/mol. The van der Waals surface area contributed by atoms with Crippen LogP contribution in [0.3, 0.4) is 0 Å². The van der Waals surface area contributed by atoms with Crippen LogP contribution in [-0.2, 0) is 19.4 Å². The van der Waals surface area contributed by atoms with Crippen LogP contribution in [0.2, 0.25) is 0 Å². The number of nitrogen functional groups attached to an aromatic ring is 1. The highest BCUT2D eigenvalue weighted by molar-refractivity contribution is 5.80. The van der Waals surface area contributed by atoms with E-state index >= 15 is 0 Å². The Morgan fingerprint density at radius 3 is 2.52 bits per heavy atom. The molecule has 1 aromatic heterocycles. The predicted octanol–water partition coefficient (Wildman–Crippen LogP) is 4.47. The summed E-state index contributed by atoms with van der Waals surface area (Å²) in [5, 5.41) is 0. The molecule has 3 nitrogen and oxygen atoms in total. The second-order valence-electron chi connectivity index (χ2n) is 6.35. The number of hydrogen-bond donors (Lipinski definition) is 1. The number of benzene rings is 1. The summed E-state index contributed by atoms with van der Waals surface area (Å²) >= 11 is 0. The van der Waals surface area contributed by atoms with Crippen molar-refractivity contribution in [2.75, 3.05) is 5.73 Å². The van der Waals surface area contributed by atoms with Crippen molar-refractivity contribution in [1.29, 1.82) is 0 Å². The number of unbranched alkanes of at least 4 members (excludes halogenated alkanes) is 4. The maximum absolute atomic E-state index is 6.14. The standard InChI is InChI=1S/C18H27N3/c1-2-3-4-5-8-11-21-17-13-15-10-7-6-9-14(15)12-16(17)20-18(21)19/h12-13H,2-11H2,1H3,(H2,19,20). The van der Waals surface area contributed by atoms with Crippen LogP contribution in [-0.4, -0.2) is 9.55 Å². The van der Waals surface area contributed by atoms with Crippen LogP contribution >= 0.6 is 0 Å². The van der Waals surface area contributed by atoms with Crippen LogP contribution in [0.25, 0.3) is 11.0 Å². The smallest absolute Gasteiger partial charge is 0.201 e. The lowest BCUT2D eigenvalue weighted by Gasteiger charge is -2.16. The van der Waals surface area contributed by atoms with Gasteiger partial charge in [0.1, 0.15) is 0 Å². The molecular weight excluding hydrogens is 258 g/mol. The van der Waals surface area contributed by atoms with Crippen molar-refractivity contribution in [3.05, 3.63) is 23.3 Å². The number of nitrogens with zero attached hydrogens (tertiary/aromatic N) is 2. The molecule has 0 saturated carbocycles. The third-order valence-electron chi connectivity index (χ3n) is 4.73. The summed E-state index contributed by atoms with van der Waals surface area (Å²) < 4.78 is 2.22. The van der Waals surface area contributed by atoms with Gasteiger partial charge >= 0.3 is 0 Å². The Kier molecular flexibility index (Phi) is 4.47. The van der Waals surface area contributed by atoms with Gasteiger partial charge in [-0.3, -0.25) is 0 Å². The van der Waals surface area contributed by atoms with E-state index in [0.717, 1.165) is 12.1 Å². The van der Waals surface area contributed by atoms with Crippen molar-refractivity contribution in [1.82, 2.24) is 9.55 Å². The first-order valence-corrected chi connectivity index (χ1v) is 8.57. The fourth-order valence-corrected chi connectivity index (χ4v) is 3.48. The molecule has 1 aliphatic carbocycles. The molecule has 3 heteroatoms. The summed E-state index contributed by atoms with van der Waals surface area (Å²) in [6.07, 6.45) is 11.5. The molecule has 0 saturated heterocycles. The van der Waals surface area contributed by atoms with Gasteiger partial charge in [-0.05, 0) is 55.4 Å². The van der Waals surface area contributed by atoms with E-state index in [1.54, 1.807) is 0 Å². The lowest BCUT2D eigenvalue weighted by Crippen LogP contribution is -2.05. The fraction of sp³-hybridized carbons (Fsp3) is 0.611. The number of anilines is 1. The second kappa shape index (κ2) is 6.50. The second-order valence-corrected chi connectivity index (χ2v) is 6.35. The maximum atomic E-state index is 6.14. The van der Waals surface area contributed by atoms with Crippen molar-refractivity contribution < 1.29 is 0 Å². The van der Waals surface area contributed by atoms with Crippen molar-refractivity contribution >= 4 is 17.0 Å². The van der Waals surface area contributed by atoms with Gasteiger partial charge in [-0.2, -0.15) is 0 Å². The van der Waals surface area contributed by atoms with Crippen LogP contribution in [0.15, 0.2) is 12.1 Å². The number of aromatic nitrogens is 2. The van der Waals surface area contributed by atoms with Gasteiger partial charge in [0.25, 0.3) is 0 Å². The lowest BCUT2D eigenvalue weighted by atomic mass is 9.91. The third-order valence-corrected chi connectivity index (χ3v) is 4.73. The molecule has 0 amide bonds.